The third-order valence-electron chi connectivity index (χ3n) is 7.02. The lowest BCUT2D eigenvalue weighted by Crippen LogP contribution is -2.74. The highest BCUT2D eigenvalue weighted by Crippen LogP contribution is 2.60. The Labute approximate surface area is 133 Å². The second-order valence-electron chi connectivity index (χ2n) is 8.37. The second-order valence-corrected chi connectivity index (χ2v) is 8.37. The molecule has 4 rings (SSSR count). The topological polar surface area (TPSA) is 49.8 Å². The predicted octanol–water partition coefficient (Wildman–Crippen LogP) is 2.20. The highest BCUT2D eigenvalue weighted by atomic mass is 16.5. The van der Waals surface area contributed by atoms with Crippen molar-refractivity contribution in [3.63, 3.8) is 0 Å². The third-order valence-corrected chi connectivity index (χ3v) is 7.02. The van der Waals surface area contributed by atoms with Crippen molar-refractivity contribution < 1.29 is 14.6 Å². The minimum absolute atomic E-state index is 0.101. The number of esters is 1. The van der Waals surface area contributed by atoms with E-state index in [1.54, 1.807) is 6.92 Å². The van der Waals surface area contributed by atoms with Crippen LogP contribution in [0.3, 0.4) is 0 Å². The van der Waals surface area contributed by atoms with E-state index >= 15 is 0 Å². The van der Waals surface area contributed by atoms with Crippen LogP contribution in [-0.2, 0) is 9.53 Å². The Morgan fingerprint density at radius 3 is 2.86 bits per heavy atom. The summed E-state index contributed by atoms with van der Waals surface area (Å²) in [5.41, 5.74) is 0.193. The van der Waals surface area contributed by atoms with E-state index in [0.29, 0.717) is 17.8 Å². The number of nitrogens with zero attached hydrogens (tertiary/aromatic N) is 1. The fraction of sp³-hybridized carbons (Fsp3) is 0.944. The molecule has 4 heteroatoms. The molecule has 4 nitrogen and oxygen atoms in total. The number of aliphatic hydroxyl groups is 1. The third kappa shape index (κ3) is 2.06. The highest BCUT2D eigenvalue weighted by Gasteiger charge is 2.64. The van der Waals surface area contributed by atoms with E-state index in [1.165, 1.54) is 25.7 Å². The molecule has 7 unspecified atom stereocenters. The fourth-order valence-electron chi connectivity index (χ4n) is 6.72. The molecule has 1 spiro atoms. The van der Waals surface area contributed by atoms with Gasteiger partial charge in [-0.1, -0.05) is 6.92 Å². The molecular weight excluding hydrogens is 278 g/mol. The average molecular weight is 307 g/mol. The number of aliphatic hydroxyl groups excluding tert-OH is 1. The largest absolute Gasteiger partial charge is 0.462 e. The number of hydrogen-bond donors (Lipinski definition) is 1. The van der Waals surface area contributed by atoms with Crippen LogP contribution in [0.15, 0.2) is 0 Å². The summed E-state index contributed by atoms with van der Waals surface area (Å²) in [5, 5.41) is 10.4. The molecule has 0 amide bonds. The summed E-state index contributed by atoms with van der Waals surface area (Å²) in [4.78, 5) is 14.2. The Kier molecular flexibility index (Phi) is 3.53. The summed E-state index contributed by atoms with van der Waals surface area (Å²) in [6, 6.07) is 0. The molecule has 2 aliphatic carbocycles. The van der Waals surface area contributed by atoms with Crippen molar-refractivity contribution in [2.24, 2.45) is 23.7 Å². The van der Waals surface area contributed by atoms with Gasteiger partial charge >= 0.3 is 5.97 Å². The molecule has 22 heavy (non-hydrogen) atoms. The zero-order valence-corrected chi connectivity index (χ0v) is 13.8. The Hall–Kier alpha value is -0.610. The van der Waals surface area contributed by atoms with Crippen molar-refractivity contribution in [3.05, 3.63) is 0 Å². The molecule has 1 N–H and O–H groups in total. The number of β-amino-alcohol motifs (C(OH)–C–C–N with tert-alkyl or cyclic N) is 1. The van der Waals surface area contributed by atoms with Crippen LogP contribution in [0.1, 0.15) is 52.4 Å². The zero-order chi connectivity index (χ0) is 15.5. The molecule has 4 aliphatic rings. The monoisotopic (exact) mass is 307 g/mol. The van der Waals surface area contributed by atoms with E-state index in [0.717, 1.165) is 31.8 Å². The summed E-state index contributed by atoms with van der Waals surface area (Å²) in [5.74, 6) is 2.31. The van der Waals surface area contributed by atoms with Crippen LogP contribution in [0.5, 0.6) is 0 Å². The van der Waals surface area contributed by atoms with E-state index in [1.807, 2.05) is 0 Å². The Morgan fingerprint density at radius 1 is 1.27 bits per heavy atom. The first-order chi connectivity index (χ1) is 10.5. The van der Waals surface area contributed by atoms with Crippen molar-refractivity contribution in [1.82, 2.24) is 4.90 Å². The van der Waals surface area contributed by atoms with Crippen molar-refractivity contribution in [3.8, 4) is 0 Å². The van der Waals surface area contributed by atoms with Crippen molar-refractivity contribution in [2.45, 2.75) is 70.1 Å². The van der Waals surface area contributed by atoms with E-state index in [9.17, 15) is 9.90 Å². The maximum Gasteiger partial charge on any atom is 0.302 e. The molecule has 2 heterocycles. The Balaban J connectivity index is 1.74. The van der Waals surface area contributed by atoms with Crippen LogP contribution < -0.4 is 0 Å². The smallest absolute Gasteiger partial charge is 0.302 e. The molecule has 0 radical (unpaired) electrons. The fourth-order valence-corrected chi connectivity index (χ4v) is 6.72. The quantitative estimate of drug-likeness (QED) is 0.755. The van der Waals surface area contributed by atoms with Crippen LogP contribution in [0.2, 0.25) is 0 Å². The van der Waals surface area contributed by atoms with Gasteiger partial charge in [-0.3, -0.25) is 9.69 Å². The standard InChI is InChI=1S/C18H29NO3/c1-11-6-13-7-17(22-12(2)20)15-4-3-5-19-10-14(21)8-16(13)18(15,19)9-11/h11,13-17,21H,3-10H2,1-2H3. The van der Waals surface area contributed by atoms with E-state index in [2.05, 4.69) is 11.8 Å². The van der Waals surface area contributed by atoms with E-state index in [-0.39, 0.29) is 23.7 Å². The molecule has 7 atom stereocenters. The van der Waals surface area contributed by atoms with Crippen molar-refractivity contribution in [1.29, 1.82) is 0 Å². The second kappa shape index (κ2) is 5.20. The van der Waals surface area contributed by atoms with Crippen LogP contribution in [-0.4, -0.2) is 46.8 Å². The molecule has 2 bridgehead atoms. The van der Waals surface area contributed by atoms with E-state index in [4.69, 9.17) is 4.74 Å². The van der Waals surface area contributed by atoms with Gasteiger partial charge in [-0.25, -0.2) is 0 Å². The molecule has 2 saturated carbocycles. The molecule has 2 saturated heterocycles. The average Bonchev–Trinajstić information content (AvgIpc) is 2.42. The number of rotatable bonds is 1. The lowest BCUT2D eigenvalue weighted by Gasteiger charge is -2.68. The molecule has 124 valence electrons. The minimum atomic E-state index is -0.168. The lowest BCUT2D eigenvalue weighted by atomic mass is 9.48. The maximum atomic E-state index is 11.6. The molecule has 4 fully saturated rings. The highest BCUT2D eigenvalue weighted by molar-refractivity contribution is 5.66. The summed E-state index contributed by atoms with van der Waals surface area (Å²) in [7, 11) is 0. The van der Waals surface area contributed by atoms with Crippen molar-refractivity contribution >= 4 is 5.97 Å². The number of ether oxygens (including phenoxy) is 1. The molecular formula is C18H29NO3. The summed E-state index contributed by atoms with van der Waals surface area (Å²) < 4.78 is 5.79. The first-order valence-corrected chi connectivity index (χ1v) is 9.11. The van der Waals surface area contributed by atoms with Crippen molar-refractivity contribution in [2.75, 3.05) is 13.1 Å². The van der Waals surface area contributed by atoms with Gasteiger partial charge in [0, 0.05) is 24.9 Å². The van der Waals surface area contributed by atoms with Gasteiger partial charge in [0.1, 0.15) is 6.10 Å². The summed E-state index contributed by atoms with van der Waals surface area (Å²) in [6.07, 6.45) is 6.71. The maximum absolute atomic E-state index is 11.6. The molecule has 0 aromatic carbocycles. The van der Waals surface area contributed by atoms with Gasteiger partial charge in [0.15, 0.2) is 0 Å². The van der Waals surface area contributed by atoms with Crippen LogP contribution >= 0.6 is 0 Å². The number of hydrogen-bond acceptors (Lipinski definition) is 4. The van der Waals surface area contributed by atoms with Gasteiger partial charge < -0.3 is 9.84 Å². The first kappa shape index (κ1) is 14.9. The zero-order valence-electron chi connectivity index (χ0n) is 13.8. The molecule has 0 aromatic rings. The normalized spacial score (nSPS) is 51.0. The summed E-state index contributed by atoms with van der Waals surface area (Å²) in [6.45, 7) is 5.86. The predicted molar refractivity (Wildman–Crippen MR) is 83.2 cm³/mol. The van der Waals surface area contributed by atoms with Crippen LogP contribution in [0.4, 0.5) is 0 Å². The minimum Gasteiger partial charge on any atom is -0.462 e. The molecule has 0 aromatic heterocycles. The van der Waals surface area contributed by atoms with Crippen LogP contribution in [0, 0.1) is 23.7 Å². The lowest BCUT2D eigenvalue weighted by molar-refractivity contribution is -0.220. The van der Waals surface area contributed by atoms with Gasteiger partial charge in [-0.15, -0.1) is 0 Å². The number of carbonyl (C=O) groups excluding carboxylic acids is 1. The SMILES string of the molecule is CC(=O)OC1CC2CC(C)CC34C2CC(O)CN3CCCC14. The number of carbonyl (C=O) groups is 1. The van der Waals surface area contributed by atoms with Gasteiger partial charge in [0.05, 0.1) is 6.10 Å². The summed E-state index contributed by atoms with van der Waals surface area (Å²) >= 11 is 0. The van der Waals surface area contributed by atoms with Crippen LogP contribution in [0.25, 0.3) is 0 Å². The number of piperidine rings is 2. The van der Waals surface area contributed by atoms with Gasteiger partial charge in [0.25, 0.3) is 0 Å². The first-order valence-electron chi connectivity index (χ1n) is 9.11. The van der Waals surface area contributed by atoms with Gasteiger partial charge in [0.2, 0.25) is 0 Å². The van der Waals surface area contributed by atoms with Gasteiger partial charge in [-0.05, 0) is 62.8 Å². The molecule has 2 aliphatic heterocycles. The van der Waals surface area contributed by atoms with Gasteiger partial charge in [-0.2, -0.15) is 0 Å². The Morgan fingerprint density at radius 2 is 2.09 bits per heavy atom. The van der Waals surface area contributed by atoms with E-state index < -0.39 is 0 Å². The Bertz CT molecular complexity index is 467.